The number of hydrogen-bond donors (Lipinski definition) is 1. The van der Waals surface area contributed by atoms with E-state index in [2.05, 4.69) is 45.0 Å². The van der Waals surface area contributed by atoms with E-state index in [4.69, 9.17) is 5.73 Å². The number of hydrogen-bond acceptors (Lipinski definition) is 1. The predicted octanol–water partition coefficient (Wildman–Crippen LogP) is 6.06. The molecular formula is C22H32FN. The Hall–Kier alpha value is -1.67. The van der Waals surface area contributed by atoms with Crippen LogP contribution in [-0.4, -0.2) is 6.04 Å². The Kier molecular flexibility index (Phi) is 8.70. The van der Waals surface area contributed by atoms with Gasteiger partial charge in [0.05, 0.1) is 0 Å². The SMILES string of the molecule is CC.CCCC(C(c1cccc(C)c1)c1cccc(F)c1)[C@H](C)N. The molecule has 2 heteroatoms. The van der Waals surface area contributed by atoms with E-state index < -0.39 is 0 Å². The second kappa shape index (κ2) is 10.2. The molecule has 0 spiro atoms. The molecule has 0 saturated heterocycles. The molecule has 0 aliphatic carbocycles. The molecule has 0 saturated carbocycles. The summed E-state index contributed by atoms with van der Waals surface area (Å²) in [5.74, 6) is 0.249. The Balaban J connectivity index is 0.00000139. The van der Waals surface area contributed by atoms with Crippen molar-refractivity contribution in [1.29, 1.82) is 0 Å². The van der Waals surface area contributed by atoms with Gasteiger partial charge in [-0.05, 0) is 49.4 Å². The molecule has 0 aromatic heterocycles. The second-order valence-corrected chi connectivity index (χ2v) is 6.26. The van der Waals surface area contributed by atoms with Gasteiger partial charge in [0.15, 0.2) is 0 Å². The van der Waals surface area contributed by atoms with Gasteiger partial charge in [-0.3, -0.25) is 0 Å². The molecule has 0 radical (unpaired) electrons. The summed E-state index contributed by atoms with van der Waals surface area (Å²) in [4.78, 5) is 0. The first kappa shape index (κ1) is 20.4. The maximum Gasteiger partial charge on any atom is 0.123 e. The van der Waals surface area contributed by atoms with Crippen molar-refractivity contribution in [3.63, 3.8) is 0 Å². The second-order valence-electron chi connectivity index (χ2n) is 6.26. The summed E-state index contributed by atoms with van der Waals surface area (Å²) < 4.78 is 13.7. The number of rotatable bonds is 6. The van der Waals surface area contributed by atoms with Crippen LogP contribution < -0.4 is 5.73 Å². The fourth-order valence-corrected chi connectivity index (χ4v) is 3.32. The zero-order chi connectivity index (χ0) is 18.1. The van der Waals surface area contributed by atoms with Gasteiger partial charge in [0.1, 0.15) is 5.82 Å². The molecule has 2 N–H and O–H groups in total. The van der Waals surface area contributed by atoms with Crippen LogP contribution >= 0.6 is 0 Å². The first-order valence-corrected chi connectivity index (χ1v) is 9.10. The molecule has 0 heterocycles. The smallest absolute Gasteiger partial charge is 0.123 e. The maximum atomic E-state index is 13.7. The average molecular weight is 330 g/mol. The molecule has 0 bridgehead atoms. The third-order valence-corrected chi connectivity index (χ3v) is 4.33. The van der Waals surface area contributed by atoms with E-state index in [1.54, 1.807) is 12.1 Å². The Morgan fingerprint density at radius 3 is 2.08 bits per heavy atom. The molecule has 0 aliphatic rings. The summed E-state index contributed by atoms with van der Waals surface area (Å²) in [6.07, 6.45) is 2.11. The normalized spacial score (nSPS) is 14.3. The molecule has 2 unspecified atom stereocenters. The third-order valence-electron chi connectivity index (χ3n) is 4.33. The lowest BCUT2D eigenvalue weighted by Crippen LogP contribution is -2.32. The Bertz CT molecular complexity index is 561. The van der Waals surface area contributed by atoms with Crippen molar-refractivity contribution in [2.75, 3.05) is 0 Å². The van der Waals surface area contributed by atoms with Crippen LogP contribution in [0.3, 0.4) is 0 Å². The van der Waals surface area contributed by atoms with E-state index in [-0.39, 0.29) is 17.8 Å². The van der Waals surface area contributed by atoms with Gasteiger partial charge in [-0.15, -0.1) is 0 Å². The fraction of sp³-hybridized carbons (Fsp3) is 0.455. The van der Waals surface area contributed by atoms with Crippen LogP contribution in [0.5, 0.6) is 0 Å². The van der Waals surface area contributed by atoms with Crippen molar-refractivity contribution in [2.24, 2.45) is 11.7 Å². The lowest BCUT2D eigenvalue weighted by Gasteiger charge is -2.31. The summed E-state index contributed by atoms with van der Waals surface area (Å²) >= 11 is 0. The Morgan fingerprint density at radius 1 is 1.00 bits per heavy atom. The van der Waals surface area contributed by atoms with Gasteiger partial charge >= 0.3 is 0 Å². The van der Waals surface area contributed by atoms with Crippen LogP contribution in [0.15, 0.2) is 48.5 Å². The molecule has 24 heavy (non-hydrogen) atoms. The minimum atomic E-state index is -0.185. The van der Waals surface area contributed by atoms with Crippen molar-refractivity contribution < 1.29 is 4.39 Å². The lowest BCUT2D eigenvalue weighted by atomic mass is 9.75. The third kappa shape index (κ3) is 5.45. The summed E-state index contributed by atoms with van der Waals surface area (Å²) in [6, 6.07) is 15.5. The number of aryl methyl sites for hydroxylation is 1. The highest BCUT2D eigenvalue weighted by Gasteiger charge is 2.27. The monoisotopic (exact) mass is 329 g/mol. The summed E-state index contributed by atoms with van der Waals surface area (Å²) in [5, 5.41) is 0. The van der Waals surface area contributed by atoms with Crippen molar-refractivity contribution >= 4 is 0 Å². The van der Waals surface area contributed by atoms with E-state index in [9.17, 15) is 4.39 Å². The highest BCUT2D eigenvalue weighted by Crippen LogP contribution is 2.36. The average Bonchev–Trinajstić information content (AvgIpc) is 2.56. The van der Waals surface area contributed by atoms with Crippen molar-refractivity contribution in [3.05, 3.63) is 71.0 Å². The fourth-order valence-electron chi connectivity index (χ4n) is 3.32. The summed E-state index contributed by atoms with van der Waals surface area (Å²) in [7, 11) is 0. The van der Waals surface area contributed by atoms with Crippen LogP contribution in [0.4, 0.5) is 4.39 Å². The lowest BCUT2D eigenvalue weighted by molar-refractivity contribution is 0.367. The van der Waals surface area contributed by atoms with Crippen LogP contribution in [-0.2, 0) is 0 Å². The van der Waals surface area contributed by atoms with Gasteiger partial charge in [0.2, 0.25) is 0 Å². The molecule has 2 aromatic carbocycles. The Labute approximate surface area is 147 Å². The quantitative estimate of drug-likeness (QED) is 0.685. The highest BCUT2D eigenvalue weighted by atomic mass is 19.1. The van der Waals surface area contributed by atoms with Crippen LogP contribution in [0.2, 0.25) is 0 Å². The zero-order valence-corrected chi connectivity index (χ0v) is 15.7. The van der Waals surface area contributed by atoms with Crippen molar-refractivity contribution in [2.45, 2.75) is 59.4 Å². The van der Waals surface area contributed by atoms with E-state index in [0.717, 1.165) is 18.4 Å². The van der Waals surface area contributed by atoms with Crippen molar-refractivity contribution in [1.82, 2.24) is 0 Å². The van der Waals surface area contributed by atoms with Gasteiger partial charge in [0, 0.05) is 12.0 Å². The minimum absolute atomic E-state index is 0.0636. The van der Waals surface area contributed by atoms with Gasteiger partial charge in [0.25, 0.3) is 0 Å². The maximum absolute atomic E-state index is 13.7. The van der Waals surface area contributed by atoms with E-state index in [0.29, 0.717) is 5.92 Å². The molecule has 0 aliphatic heterocycles. The molecular weight excluding hydrogens is 297 g/mol. The Morgan fingerprint density at radius 2 is 1.58 bits per heavy atom. The molecule has 3 atom stereocenters. The molecule has 1 nitrogen and oxygen atoms in total. The predicted molar refractivity (Wildman–Crippen MR) is 103 cm³/mol. The first-order chi connectivity index (χ1) is 11.5. The number of halogens is 1. The number of nitrogens with two attached hydrogens (primary N) is 1. The standard InChI is InChI=1S/C20H26FN.C2H6/c1-4-7-19(15(3)22)20(16-9-5-8-14(2)12-16)17-10-6-11-18(21)13-17;1-2/h5-6,8-13,15,19-20H,4,7,22H2,1-3H3;1-2H3/t15-,19?,20?;/m0./s1. The highest BCUT2D eigenvalue weighted by molar-refractivity contribution is 5.36. The van der Waals surface area contributed by atoms with Gasteiger partial charge in [-0.2, -0.15) is 0 Å². The van der Waals surface area contributed by atoms with Crippen LogP contribution in [0.25, 0.3) is 0 Å². The van der Waals surface area contributed by atoms with Gasteiger partial charge in [-0.25, -0.2) is 4.39 Å². The minimum Gasteiger partial charge on any atom is -0.328 e. The largest absolute Gasteiger partial charge is 0.328 e. The number of benzene rings is 2. The molecule has 2 aromatic rings. The van der Waals surface area contributed by atoms with E-state index in [1.807, 2.05) is 19.9 Å². The van der Waals surface area contributed by atoms with Gasteiger partial charge in [-0.1, -0.05) is 69.2 Å². The van der Waals surface area contributed by atoms with E-state index in [1.165, 1.54) is 17.2 Å². The molecule has 0 fully saturated rings. The van der Waals surface area contributed by atoms with Crippen LogP contribution in [0.1, 0.15) is 63.1 Å². The first-order valence-electron chi connectivity index (χ1n) is 9.10. The summed E-state index contributed by atoms with van der Waals surface area (Å²) in [6.45, 7) is 10.3. The topological polar surface area (TPSA) is 26.0 Å². The van der Waals surface area contributed by atoms with Gasteiger partial charge < -0.3 is 5.73 Å². The van der Waals surface area contributed by atoms with E-state index >= 15 is 0 Å². The molecule has 2 rings (SSSR count). The zero-order valence-electron chi connectivity index (χ0n) is 15.7. The molecule has 0 amide bonds. The molecule has 132 valence electrons. The summed E-state index contributed by atoms with van der Waals surface area (Å²) in [5.41, 5.74) is 9.74. The van der Waals surface area contributed by atoms with Crippen molar-refractivity contribution in [3.8, 4) is 0 Å². The van der Waals surface area contributed by atoms with Crippen LogP contribution in [0, 0.1) is 18.7 Å².